The molecule has 0 aliphatic carbocycles. The van der Waals surface area contributed by atoms with Crippen molar-refractivity contribution in [2.75, 3.05) is 36.8 Å². The Morgan fingerprint density at radius 1 is 1.29 bits per heavy atom. The quantitative estimate of drug-likeness (QED) is 0.785. The molecule has 4 nitrogen and oxygen atoms in total. The molecule has 0 aromatic heterocycles. The molecule has 0 spiro atoms. The van der Waals surface area contributed by atoms with Gasteiger partial charge in [0.25, 0.3) is 0 Å². The predicted octanol–water partition coefficient (Wildman–Crippen LogP) is 1.28. The van der Waals surface area contributed by atoms with Crippen LogP contribution in [0.2, 0.25) is 0 Å². The Balaban J connectivity index is 2.24. The lowest BCUT2D eigenvalue weighted by Crippen LogP contribution is -2.43. The Morgan fingerprint density at radius 3 is 2.65 bits per heavy atom. The van der Waals surface area contributed by atoms with Gasteiger partial charge in [0.1, 0.15) is 0 Å². The van der Waals surface area contributed by atoms with Crippen molar-refractivity contribution in [1.29, 1.82) is 0 Å². The molecule has 17 heavy (non-hydrogen) atoms. The molecule has 0 atom stereocenters. The van der Waals surface area contributed by atoms with E-state index in [2.05, 4.69) is 10.1 Å². The van der Waals surface area contributed by atoms with Gasteiger partial charge in [-0.3, -0.25) is 0 Å². The fourth-order valence-corrected chi connectivity index (χ4v) is 1.89. The number of rotatable bonds is 3. The molecule has 1 aliphatic heterocycles. The van der Waals surface area contributed by atoms with Gasteiger partial charge in [-0.05, 0) is 12.1 Å². The van der Waals surface area contributed by atoms with E-state index in [9.17, 15) is 8.78 Å². The van der Waals surface area contributed by atoms with E-state index < -0.39 is 6.61 Å². The van der Waals surface area contributed by atoms with Crippen LogP contribution < -0.4 is 20.7 Å². The van der Waals surface area contributed by atoms with E-state index in [-0.39, 0.29) is 5.75 Å². The lowest BCUT2D eigenvalue weighted by Gasteiger charge is -2.30. The van der Waals surface area contributed by atoms with Crippen LogP contribution >= 0.6 is 0 Å². The van der Waals surface area contributed by atoms with Crippen LogP contribution in [0.4, 0.5) is 20.2 Å². The summed E-state index contributed by atoms with van der Waals surface area (Å²) in [5.74, 6) is 0.141. The second-order valence-corrected chi connectivity index (χ2v) is 3.84. The number of hydrogen-bond donors (Lipinski definition) is 2. The molecular weight excluding hydrogens is 228 g/mol. The number of piperazine rings is 1. The highest BCUT2D eigenvalue weighted by atomic mass is 19.3. The Bertz CT molecular complexity index is 381. The van der Waals surface area contributed by atoms with E-state index in [1.54, 1.807) is 12.1 Å². The molecule has 0 saturated carbocycles. The normalized spacial score (nSPS) is 16.3. The van der Waals surface area contributed by atoms with Gasteiger partial charge >= 0.3 is 6.61 Å². The second-order valence-electron chi connectivity index (χ2n) is 3.84. The Labute approximate surface area is 98.3 Å². The smallest absolute Gasteiger partial charge is 0.387 e. The number of alkyl halides is 2. The molecular formula is C11H15F2N3O. The SMILES string of the molecule is Nc1ccc(N2CCNCC2)c(OC(F)F)c1. The summed E-state index contributed by atoms with van der Waals surface area (Å²) >= 11 is 0. The first-order valence-corrected chi connectivity index (χ1v) is 5.47. The molecule has 0 amide bonds. The Kier molecular flexibility index (Phi) is 3.63. The highest BCUT2D eigenvalue weighted by molar-refractivity contribution is 5.64. The summed E-state index contributed by atoms with van der Waals surface area (Å²) in [6, 6.07) is 4.84. The molecule has 0 bridgehead atoms. The maximum Gasteiger partial charge on any atom is 0.387 e. The molecule has 1 fully saturated rings. The van der Waals surface area contributed by atoms with Gasteiger partial charge in [-0.25, -0.2) is 0 Å². The number of anilines is 2. The Morgan fingerprint density at radius 2 is 2.00 bits per heavy atom. The largest absolute Gasteiger partial charge is 0.433 e. The maximum atomic E-state index is 12.3. The van der Waals surface area contributed by atoms with E-state index in [1.165, 1.54) is 6.07 Å². The predicted molar refractivity (Wildman–Crippen MR) is 62.6 cm³/mol. The third kappa shape index (κ3) is 2.97. The summed E-state index contributed by atoms with van der Waals surface area (Å²) in [4.78, 5) is 2.01. The third-order valence-corrected chi connectivity index (χ3v) is 2.66. The summed E-state index contributed by atoms with van der Waals surface area (Å²) in [6.45, 7) is 0.364. The van der Waals surface area contributed by atoms with Gasteiger partial charge in [0, 0.05) is 37.9 Å². The molecule has 2 rings (SSSR count). The highest BCUT2D eigenvalue weighted by Gasteiger charge is 2.17. The zero-order valence-electron chi connectivity index (χ0n) is 9.33. The number of nitrogens with zero attached hydrogens (tertiary/aromatic N) is 1. The molecule has 3 N–H and O–H groups in total. The minimum atomic E-state index is -2.83. The molecule has 6 heteroatoms. The van der Waals surface area contributed by atoms with Gasteiger partial charge in [-0.2, -0.15) is 8.78 Å². The van der Waals surface area contributed by atoms with Gasteiger partial charge in [0.15, 0.2) is 5.75 Å². The van der Waals surface area contributed by atoms with Crippen LogP contribution in [0.3, 0.4) is 0 Å². The summed E-state index contributed by atoms with van der Waals surface area (Å²) in [7, 11) is 0. The van der Waals surface area contributed by atoms with Gasteiger partial charge in [0.2, 0.25) is 0 Å². The lowest BCUT2D eigenvalue weighted by atomic mass is 10.2. The van der Waals surface area contributed by atoms with Crippen molar-refractivity contribution in [1.82, 2.24) is 5.32 Å². The van der Waals surface area contributed by atoms with Crippen LogP contribution in [0, 0.1) is 0 Å². The van der Waals surface area contributed by atoms with Crippen LogP contribution in [-0.4, -0.2) is 32.8 Å². The minimum absolute atomic E-state index is 0.141. The summed E-state index contributed by atoms with van der Waals surface area (Å²) in [5.41, 5.74) is 6.66. The molecule has 0 radical (unpaired) electrons. The van der Waals surface area contributed by atoms with Gasteiger partial charge in [-0.1, -0.05) is 0 Å². The molecule has 0 unspecified atom stereocenters. The third-order valence-electron chi connectivity index (χ3n) is 2.66. The number of halogens is 2. The van der Waals surface area contributed by atoms with Crippen molar-refractivity contribution < 1.29 is 13.5 Å². The topological polar surface area (TPSA) is 50.5 Å². The molecule has 94 valence electrons. The van der Waals surface area contributed by atoms with Crippen LogP contribution in [-0.2, 0) is 0 Å². The lowest BCUT2D eigenvalue weighted by molar-refractivity contribution is -0.0494. The monoisotopic (exact) mass is 243 g/mol. The van der Waals surface area contributed by atoms with Crippen molar-refractivity contribution >= 4 is 11.4 Å². The fourth-order valence-electron chi connectivity index (χ4n) is 1.89. The number of benzene rings is 1. The second kappa shape index (κ2) is 5.18. The number of nitrogens with two attached hydrogens (primary N) is 1. The fraction of sp³-hybridized carbons (Fsp3) is 0.455. The van der Waals surface area contributed by atoms with Crippen LogP contribution in [0.1, 0.15) is 0 Å². The molecule has 1 heterocycles. The van der Waals surface area contributed by atoms with Crippen LogP contribution in [0.15, 0.2) is 18.2 Å². The first-order valence-electron chi connectivity index (χ1n) is 5.47. The van der Waals surface area contributed by atoms with Crippen molar-refractivity contribution in [2.45, 2.75) is 6.61 Å². The summed E-state index contributed by atoms with van der Waals surface area (Å²) in [5, 5.41) is 3.20. The van der Waals surface area contributed by atoms with Gasteiger partial charge < -0.3 is 20.7 Å². The first kappa shape index (κ1) is 11.9. The molecule has 1 aromatic carbocycles. The summed E-state index contributed by atoms with van der Waals surface area (Å²) < 4.78 is 29.1. The van der Waals surface area contributed by atoms with Gasteiger partial charge in [-0.15, -0.1) is 0 Å². The van der Waals surface area contributed by atoms with E-state index in [0.29, 0.717) is 11.4 Å². The average Bonchev–Trinajstić information content (AvgIpc) is 2.29. The molecule has 1 saturated heterocycles. The van der Waals surface area contributed by atoms with Crippen LogP contribution in [0.5, 0.6) is 5.75 Å². The van der Waals surface area contributed by atoms with Crippen molar-refractivity contribution in [3.05, 3.63) is 18.2 Å². The maximum absolute atomic E-state index is 12.3. The number of nitrogens with one attached hydrogen (secondary N) is 1. The summed E-state index contributed by atoms with van der Waals surface area (Å²) in [6.07, 6.45) is 0. The van der Waals surface area contributed by atoms with Crippen molar-refractivity contribution in [3.63, 3.8) is 0 Å². The number of nitrogen functional groups attached to an aromatic ring is 1. The first-order chi connectivity index (χ1) is 8.16. The zero-order chi connectivity index (χ0) is 12.3. The van der Waals surface area contributed by atoms with E-state index in [4.69, 9.17) is 5.73 Å². The van der Waals surface area contributed by atoms with Crippen molar-refractivity contribution in [2.24, 2.45) is 0 Å². The molecule has 1 aromatic rings. The highest BCUT2D eigenvalue weighted by Crippen LogP contribution is 2.31. The minimum Gasteiger partial charge on any atom is -0.433 e. The van der Waals surface area contributed by atoms with E-state index >= 15 is 0 Å². The number of ether oxygens (including phenoxy) is 1. The standard InChI is InChI=1S/C11H15F2N3O/c12-11(13)17-10-7-8(14)1-2-9(10)16-5-3-15-4-6-16/h1-2,7,11,15H,3-6,14H2. The van der Waals surface area contributed by atoms with Crippen molar-refractivity contribution in [3.8, 4) is 5.75 Å². The van der Waals surface area contributed by atoms with E-state index in [1.807, 2.05) is 4.90 Å². The average molecular weight is 243 g/mol. The Hall–Kier alpha value is -1.56. The molecule has 1 aliphatic rings. The van der Waals surface area contributed by atoms with Crippen LogP contribution in [0.25, 0.3) is 0 Å². The van der Waals surface area contributed by atoms with E-state index in [0.717, 1.165) is 26.2 Å². The zero-order valence-corrected chi connectivity index (χ0v) is 9.33. The number of hydrogen-bond acceptors (Lipinski definition) is 4. The van der Waals surface area contributed by atoms with Gasteiger partial charge in [0.05, 0.1) is 5.69 Å².